The maximum atomic E-state index is 7.54. The first-order valence-corrected chi connectivity index (χ1v) is 49.7. The number of anilines is 16. The normalized spacial score (nSPS) is 13.4. The van der Waals surface area contributed by atoms with Crippen molar-refractivity contribution in [1.29, 1.82) is 0 Å². The molecule has 5 aliphatic rings. The van der Waals surface area contributed by atoms with E-state index in [1.807, 2.05) is 227 Å². The van der Waals surface area contributed by atoms with Gasteiger partial charge < -0.3 is 71.1 Å². The van der Waals surface area contributed by atoms with E-state index in [1.165, 1.54) is 21.6 Å². The molecule has 0 aliphatic carbocycles. The van der Waals surface area contributed by atoms with Crippen LogP contribution >= 0.6 is 0 Å². The standard InChI is InChI=1S/2C25H19N3O.C24H18N4O.C21H20N4O.C17H16N2O.5C2H6/c1-17-13-14-20-19-10-5-6-12-22(19)29-24(20)23(17)28-16-27(18-8-3-2-4-9-18)25-21(28)11-7-15-26-25;1-17-13-14-20-19-10-5-6-12-22(19)29-24(20)23(17)28-16-27(18-8-3-2-4-9-18)21-11-7-15-26-25(21)28;1-16-11-12-19-18-9-5-6-10-20(18)29-22(19)21(16)28-15-27(17-7-3-2-4-8-17)23-24(28)26-14-13-25-23;1-13(2)24-12-25(21-20(24)22-10-11-23-21)18-14(3)8-9-16-15-6-4-5-7-17(15)26-19(16)18;1-12-7-8-14-13-5-3-4-6-15(13)20-17(14)16(12)19-10-9-18(2)11-19;5*1-2/h2*2-15H,16H2,1H3;2-14H,15H2,1H3;4-11,13H,12H2,1-3H3;3-10H,11H2,1-2H3;5*1-2H3/i;;;;2D3;;;;;. The lowest BCUT2D eigenvalue weighted by Gasteiger charge is -2.24. The van der Waals surface area contributed by atoms with Crippen molar-refractivity contribution in [2.45, 2.75) is 124 Å². The molecular formula is C122H122N16O5. The van der Waals surface area contributed by atoms with E-state index < -0.39 is 6.98 Å². The highest BCUT2D eigenvalue weighted by molar-refractivity contribution is 6.15. The summed E-state index contributed by atoms with van der Waals surface area (Å²) in [6, 6.07) is 102. The van der Waals surface area contributed by atoms with E-state index in [-0.39, 0.29) is 6.67 Å². The average molecular weight is 1900 g/mol. The van der Waals surface area contributed by atoms with Crippen molar-refractivity contribution in [2.75, 3.05) is 84.4 Å². The third-order valence-electron chi connectivity index (χ3n) is 25.7. The zero-order chi connectivity index (χ0) is 102. The highest BCUT2D eigenvalue weighted by atomic mass is 16.3. The number of para-hydroxylation sites is 8. The van der Waals surface area contributed by atoms with Gasteiger partial charge in [-0.25, -0.2) is 29.9 Å². The van der Waals surface area contributed by atoms with Crippen molar-refractivity contribution in [2.24, 2.45) is 0 Å². The van der Waals surface area contributed by atoms with Gasteiger partial charge in [-0.05, 0) is 167 Å². The predicted octanol–water partition coefficient (Wildman–Crippen LogP) is 33.2. The molecule has 0 spiro atoms. The maximum absolute atomic E-state index is 7.54. The quantitative estimate of drug-likeness (QED) is 0.133. The van der Waals surface area contributed by atoms with Crippen LogP contribution in [-0.4, -0.2) is 81.2 Å². The zero-order valence-electron chi connectivity index (χ0n) is 87.2. The molecule has 0 saturated carbocycles. The molecule has 27 rings (SSSR count). The van der Waals surface area contributed by atoms with E-state index in [2.05, 4.69) is 264 Å². The van der Waals surface area contributed by atoms with Crippen molar-refractivity contribution in [3.05, 3.63) is 375 Å². The molecule has 0 unspecified atom stereocenters. The van der Waals surface area contributed by atoms with Crippen LogP contribution in [0.1, 0.15) is 115 Å². The summed E-state index contributed by atoms with van der Waals surface area (Å²) in [6.07, 6.45) is 14.1. The molecule has 5 aliphatic heterocycles. The molecule has 0 N–H and O–H groups in total. The summed E-state index contributed by atoms with van der Waals surface area (Å²) in [6.45, 7) is 35.7. The molecule has 0 fully saturated rings. The smallest absolute Gasteiger partial charge is 0.178 e. The second kappa shape index (κ2) is 42.8. The van der Waals surface area contributed by atoms with E-state index in [4.69, 9.17) is 36.2 Å². The molecule has 21 heteroatoms. The lowest BCUT2D eigenvalue weighted by molar-refractivity contribution is 0.495. The van der Waals surface area contributed by atoms with Gasteiger partial charge in [-0.3, -0.25) is 0 Å². The number of nitrogens with zero attached hydrogens (tertiary/aromatic N) is 16. The number of rotatable bonds is 9. The second-order valence-corrected chi connectivity index (χ2v) is 34.1. The minimum atomic E-state index is -2.14. The maximum Gasteiger partial charge on any atom is 0.178 e. The topological polar surface area (TPSA) is 175 Å². The third-order valence-corrected chi connectivity index (χ3v) is 25.7. The number of benzene rings is 13. The van der Waals surface area contributed by atoms with E-state index in [9.17, 15) is 0 Å². The summed E-state index contributed by atoms with van der Waals surface area (Å²) in [5.41, 5.74) is 25.4. The fourth-order valence-corrected chi connectivity index (χ4v) is 19.4. The molecule has 0 amide bonds. The number of hydrogen-bond donors (Lipinski definition) is 0. The van der Waals surface area contributed by atoms with Gasteiger partial charge in [-0.1, -0.05) is 275 Å². The number of pyridine rings is 2. The lowest BCUT2D eigenvalue weighted by Crippen LogP contribution is -2.34. The van der Waals surface area contributed by atoms with Gasteiger partial charge in [0.05, 0.1) is 53.1 Å². The molecule has 22 aromatic rings. The molecule has 21 nitrogen and oxygen atoms in total. The lowest BCUT2D eigenvalue weighted by atomic mass is 10.1. The van der Waals surface area contributed by atoms with Crippen LogP contribution in [0.3, 0.4) is 0 Å². The Bertz CT molecular complexity index is 7890. The minimum Gasteiger partial charge on any atom is -0.454 e. The third kappa shape index (κ3) is 18.0. The summed E-state index contributed by atoms with van der Waals surface area (Å²) in [5, 5.41) is 11.2. The Labute approximate surface area is 840 Å². The number of furan rings is 5. The van der Waals surface area contributed by atoms with Crippen molar-refractivity contribution >= 4 is 201 Å². The van der Waals surface area contributed by atoms with Crippen LogP contribution in [0.2, 0.25) is 0 Å². The Morgan fingerprint density at radius 1 is 0.238 bits per heavy atom. The van der Waals surface area contributed by atoms with Crippen LogP contribution in [0, 0.1) is 34.6 Å². The molecule has 14 heterocycles. The monoisotopic (exact) mass is 1890 g/mol. The van der Waals surface area contributed by atoms with Crippen LogP contribution < -0.4 is 44.1 Å². The summed E-state index contributed by atoms with van der Waals surface area (Å²) in [7, 11) is 0. The summed E-state index contributed by atoms with van der Waals surface area (Å²) in [5.74, 6) is 5.42. The molecular weight excluding hydrogens is 1770 g/mol. The van der Waals surface area contributed by atoms with Gasteiger partial charge in [-0.2, -0.15) is 0 Å². The fourth-order valence-electron chi connectivity index (χ4n) is 19.4. The molecule has 0 saturated heterocycles. The van der Waals surface area contributed by atoms with Crippen molar-refractivity contribution in [1.82, 2.24) is 34.8 Å². The van der Waals surface area contributed by atoms with Crippen LogP contribution in [0.25, 0.3) is 110 Å². The number of aryl methyl sites for hydroxylation is 5. The first-order valence-electron chi connectivity index (χ1n) is 51.2. The Morgan fingerprint density at radius 3 is 0.881 bits per heavy atom. The van der Waals surface area contributed by atoms with Gasteiger partial charge >= 0.3 is 0 Å². The number of fused-ring (bicyclic) bond motifs is 19. The molecule has 143 heavy (non-hydrogen) atoms. The molecule has 720 valence electrons. The highest BCUT2D eigenvalue weighted by Crippen LogP contribution is 2.53. The summed E-state index contributed by atoms with van der Waals surface area (Å²) >= 11 is 0. The molecule has 0 atom stereocenters. The summed E-state index contributed by atoms with van der Waals surface area (Å²) < 4.78 is 54.0. The first kappa shape index (κ1) is 92.4. The van der Waals surface area contributed by atoms with E-state index >= 15 is 0 Å². The van der Waals surface area contributed by atoms with Gasteiger partial charge in [0, 0.05) is 138 Å². The Kier molecular flexibility index (Phi) is 27.7. The van der Waals surface area contributed by atoms with Gasteiger partial charge in [0.2, 0.25) is 0 Å². The molecule has 0 bridgehead atoms. The number of aromatic nitrogens is 6. The van der Waals surface area contributed by atoms with Gasteiger partial charge in [0.25, 0.3) is 0 Å². The number of hydrogen-bond acceptors (Lipinski definition) is 21. The Morgan fingerprint density at radius 2 is 0.510 bits per heavy atom. The van der Waals surface area contributed by atoms with Gasteiger partial charge in [0.1, 0.15) is 47.9 Å². The molecule has 13 aromatic carbocycles. The SMILES string of the molecule is CC.CC.CC.CC.CC.Cc1ccc2c(oc3ccccc32)c1N1CN(C(C)C)c2nccnc21.Cc1ccc2c(oc3ccccc32)c1N1CN(c2ccccc2)c2cccnc21.Cc1ccc2c(oc3ccccc32)c1N1CN(c2ccccc2)c2ncccc21.Cc1ccc2c(oc3ccccc32)c1N1CN(c2ccccc2)c2nccnc21.[2H]C([2H])([2H])N1C=CN(c2c(C)ccc3c2oc2ccccc23)C1. The van der Waals surface area contributed by atoms with Crippen LogP contribution in [0.5, 0.6) is 0 Å². The first-order chi connectivity index (χ1) is 71.5. The van der Waals surface area contributed by atoms with Crippen LogP contribution in [0.15, 0.2) is 369 Å². The zero-order valence-corrected chi connectivity index (χ0v) is 84.2. The van der Waals surface area contributed by atoms with E-state index in [0.29, 0.717) is 32.7 Å². The van der Waals surface area contributed by atoms with Crippen molar-refractivity contribution in [3.63, 3.8) is 0 Å². The van der Waals surface area contributed by atoms with E-state index in [1.54, 1.807) is 37.2 Å². The molecule has 0 radical (unpaired) electrons. The Balaban J connectivity index is 0.000000117. The molecule has 9 aromatic heterocycles. The Hall–Kier alpha value is -16.9. The largest absolute Gasteiger partial charge is 0.454 e. The minimum absolute atomic E-state index is 0.285. The average Bonchev–Trinajstić information content (AvgIpc) is 1.56. The van der Waals surface area contributed by atoms with Gasteiger partial charge in [0.15, 0.2) is 62.8 Å². The van der Waals surface area contributed by atoms with Crippen LogP contribution in [0.4, 0.5) is 91.8 Å². The van der Waals surface area contributed by atoms with Crippen LogP contribution in [-0.2, 0) is 0 Å². The van der Waals surface area contributed by atoms with E-state index in [0.717, 1.165) is 213 Å². The van der Waals surface area contributed by atoms with Gasteiger partial charge in [-0.15, -0.1) is 0 Å². The van der Waals surface area contributed by atoms with Crippen molar-refractivity contribution < 1.29 is 26.2 Å². The van der Waals surface area contributed by atoms with Crippen molar-refractivity contribution in [3.8, 4) is 0 Å². The highest BCUT2D eigenvalue weighted by Gasteiger charge is 2.39. The summed E-state index contributed by atoms with van der Waals surface area (Å²) in [4.78, 5) is 49.2. The predicted molar refractivity (Wildman–Crippen MR) is 597 cm³/mol. The second-order valence-electron chi connectivity index (χ2n) is 34.1. The fraction of sp³-hybridized carbons (Fsp3) is 0.197.